The molecule has 0 aromatic carbocycles. The fourth-order valence-electron chi connectivity index (χ4n) is 2.32. The predicted molar refractivity (Wildman–Crippen MR) is 75.5 cm³/mol. The Hall–Kier alpha value is -1.66. The van der Waals surface area contributed by atoms with Crippen LogP contribution >= 0.6 is 0 Å². The molecule has 1 aliphatic heterocycles. The van der Waals surface area contributed by atoms with E-state index in [2.05, 4.69) is 38.6 Å². The summed E-state index contributed by atoms with van der Waals surface area (Å²) in [5.74, 6) is 0.709. The number of piperazine rings is 1. The Kier molecular flexibility index (Phi) is 3.61. The largest absolute Gasteiger partial charge is 0.352 e. The Morgan fingerprint density at radius 3 is 3.00 bits per heavy atom. The first-order chi connectivity index (χ1) is 9.31. The van der Waals surface area contributed by atoms with E-state index < -0.39 is 0 Å². The second kappa shape index (κ2) is 5.54. The van der Waals surface area contributed by atoms with Gasteiger partial charge >= 0.3 is 0 Å². The molecule has 0 bridgehead atoms. The maximum absolute atomic E-state index is 4.45. The van der Waals surface area contributed by atoms with Crippen molar-refractivity contribution in [3.8, 4) is 0 Å². The molecule has 0 atom stereocenters. The van der Waals surface area contributed by atoms with Gasteiger partial charge in [0.25, 0.3) is 0 Å². The molecule has 2 aromatic rings. The molecule has 3 rings (SSSR count). The number of hydrogen-bond acceptors (Lipinski definition) is 5. The van der Waals surface area contributed by atoms with E-state index in [1.807, 2.05) is 16.8 Å². The first-order valence-corrected chi connectivity index (χ1v) is 6.81. The van der Waals surface area contributed by atoms with Gasteiger partial charge in [-0.2, -0.15) is 4.98 Å². The third-order valence-corrected chi connectivity index (χ3v) is 3.40. The van der Waals surface area contributed by atoms with Crippen molar-refractivity contribution in [2.45, 2.75) is 6.92 Å². The Morgan fingerprint density at radius 2 is 2.16 bits per heavy atom. The topological polar surface area (TPSA) is 57.5 Å². The summed E-state index contributed by atoms with van der Waals surface area (Å²) in [6, 6.07) is 4.04. The molecule has 2 aromatic heterocycles. The minimum Gasteiger partial charge on any atom is -0.352 e. The molecule has 0 radical (unpaired) electrons. The van der Waals surface area contributed by atoms with Crippen LogP contribution in [-0.4, -0.2) is 58.8 Å². The van der Waals surface area contributed by atoms with Crippen LogP contribution in [0.5, 0.6) is 0 Å². The van der Waals surface area contributed by atoms with Crippen LogP contribution in [-0.2, 0) is 0 Å². The number of aryl methyl sites for hydroxylation is 1. The SMILES string of the molecule is Cc1ccc2nc(NCCN3CCNCC3)nn2c1. The van der Waals surface area contributed by atoms with Gasteiger partial charge < -0.3 is 10.6 Å². The van der Waals surface area contributed by atoms with Crippen LogP contribution in [0.3, 0.4) is 0 Å². The van der Waals surface area contributed by atoms with Crippen molar-refractivity contribution >= 4 is 11.6 Å². The van der Waals surface area contributed by atoms with Gasteiger partial charge in [0.05, 0.1) is 0 Å². The molecule has 6 heteroatoms. The van der Waals surface area contributed by atoms with Crippen LogP contribution in [0.15, 0.2) is 18.3 Å². The molecule has 19 heavy (non-hydrogen) atoms. The number of anilines is 1. The summed E-state index contributed by atoms with van der Waals surface area (Å²) >= 11 is 0. The quantitative estimate of drug-likeness (QED) is 0.831. The molecule has 2 N–H and O–H groups in total. The number of rotatable bonds is 4. The smallest absolute Gasteiger partial charge is 0.243 e. The first-order valence-electron chi connectivity index (χ1n) is 6.81. The lowest BCUT2D eigenvalue weighted by Gasteiger charge is -2.26. The van der Waals surface area contributed by atoms with E-state index in [1.54, 1.807) is 0 Å². The molecule has 1 saturated heterocycles. The van der Waals surface area contributed by atoms with Gasteiger partial charge in [0, 0.05) is 45.5 Å². The zero-order valence-corrected chi connectivity index (χ0v) is 11.3. The van der Waals surface area contributed by atoms with Gasteiger partial charge in [-0.15, -0.1) is 5.10 Å². The van der Waals surface area contributed by atoms with Gasteiger partial charge in [0.15, 0.2) is 5.65 Å². The van der Waals surface area contributed by atoms with Crippen molar-refractivity contribution in [1.29, 1.82) is 0 Å². The molecule has 0 spiro atoms. The third-order valence-electron chi connectivity index (χ3n) is 3.40. The van der Waals surface area contributed by atoms with E-state index >= 15 is 0 Å². The van der Waals surface area contributed by atoms with Crippen LogP contribution in [0.1, 0.15) is 5.56 Å². The van der Waals surface area contributed by atoms with Crippen LogP contribution in [0.4, 0.5) is 5.95 Å². The summed E-state index contributed by atoms with van der Waals surface area (Å²) in [7, 11) is 0. The molecule has 0 saturated carbocycles. The van der Waals surface area contributed by atoms with Crippen LogP contribution < -0.4 is 10.6 Å². The molecule has 0 unspecified atom stereocenters. The molecule has 102 valence electrons. The van der Waals surface area contributed by atoms with Gasteiger partial charge in [-0.1, -0.05) is 6.07 Å². The van der Waals surface area contributed by atoms with Crippen LogP contribution in [0.25, 0.3) is 5.65 Å². The zero-order chi connectivity index (χ0) is 13.1. The fraction of sp³-hybridized carbons (Fsp3) is 0.538. The van der Waals surface area contributed by atoms with Crippen LogP contribution in [0, 0.1) is 6.92 Å². The highest BCUT2D eigenvalue weighted by molar-refractivity contribution is 5.44. The average Bonchev–Trinajstić information content (AvgIpc) is 2.82. The molecule has 0 aliphatic carbocycles. The standard InChI is InChI=1S/C13H20N6/c1-11-2-3-12-16-13(17-19(12)10-11)15-6-9-18-7-4-14-5-8-18/h2-3,10,14H,4-9H2,1H3,(H,15,17). The van der Waals surface area contributed by atoms with Crippen molar-refractivity contribution in [3.63, 3.8) is 0 Å². The monoisotopic (exact) mass is 260 g/mol. The molecular formula is C13H20N6. The summed E-state index contributed by atoms with van der Waals surface area (Å²) < 4.78 is 1.82. The van der Waals surface area contributed by atoms with Gasteiger partial charge in [0.1, 0.15) is 0 Å². The normalized spacial score (nSPS) is 16.9. The summed E-state index contributed by atoms with van der Waals surface area (Å²) in [6.45, 7) is 8.40. The van der Waals surface area contributed by atoms with Crippen molar-refractivity contribution in [2.24, 2.45) is 0 Å². The summed E-state index contributed by atoms with van der Waals surface area (Å²) in [6.07, 6.45) is 1.99. The van der Waals surface area contributed by atoms with E-state index in [4.69, 9.17) is 0 Å². The number of aromatic nitrogens is 3. The minimum atomic E-state index is 0.709. The van der Waals surface area contributed by atoms with Gasteiger partial charge in [0.2, 0.25) is 5.95 Å². The summed E-state index contributed by atoms with van der Waals surface area (Å²) in [5.41, 5.74) is 2.07. The molecule has 0 amide bonds. The molecule has 1 fully saturated rings. The molecule has 1 aliphatic rings. The molecular weight excluding hydrogens is 240 g/mol. The highest BCUT2D eigenvalue weighted by Crippen LogP contribution is 2.06. The van der Waals surface area contributed by atoms with Gasteiger partial charge in [-0.25, -0.2) is 4.52 Å². The average molecular weight is 260 g/mol. The lowest BCUT2D eigenvalue weighted by molar-refractivity contribution is 0.249. The van der Waals surface area contributed by atoms with Crippen molar-refractivity contribution in [1.82, 2.24) is 24.8 Å². The number of hydrogen-bond donors (Lipinski definition) is 2. The van der Waals surface area contributed by atoms with E-state index in [0.717, 1.165) is 44.9 Å². The number of nitrogens with zero attached hydrogens (tertiary/aromatic N) is 4. The van der Waals surface area contributed by atoms with Crippen LogP contribution in [0.2, 0.25) is 0 Å². The van der Waals surface area contributed by atoms with Crippen molar-refractivity contribution in [3.05, 3.63) is 23.9 Å². The summed E-state index contributed by atoms with van der Waals surface area (Å²) in [5, 5.41) is 11.1. The Labute approximate surface area is 112 Å². The first kappa shape index (κ1) is 12.4. The highest BCUT2D eigenvalue weighted by Gasteiger charge is 2.09. The van der Waals surface area contributed by atoms with E-state index in [-0.39, 0.29) is 0 Å². The fourth-order valence-corrected chi connectivity index (χ4v) is 2.32. The van der Waals surface area contributed by atoms with E-state index in [9.17, 15) is 0 Å². The third kappa shape index (κ3) is 3.02. The number of pyridine rings is 1. The molecule has 3 heterocycles. The van der Waals surface area contributed by atoms with Crippen molar-refractivity contribution in [2.75, 3.05) is 44.6 Å². The predicted octanol–water partition coefficient (Wildman–Crippen LogP) is 0.355. The number of nitrogens with one attached hydrogen (secondary N) is 2. The van der Waals surface area contributed by atoms with E-state index in [1.165, 1.54) is 5.56 Å². The lowest BCUT2D eigenvalue weighted by Crippen LogP contribution is -2.45. The zero-order valence-electron chi connectivity index (χ0n) is 11.3. The minimum absolute atomic E-state index is 0.709. The van der Waals surface area contributed by atoms with Gasteiger partial charge in [-0.05, 0) is 18.6 Å². The summed E-state index contributed by atoms with van der Waals surface area (Å²) in [4.78, 5) is 6.89. The molecule has 6 nitrogen and oxygen atoms in total. The Morgan fingerprint density at radius 1 is 1.32 bits per heavy atom. The highest BCUT2D eigenvalue weighted by atomic mass is 15.3. The Balaban J connectivity index is 1.56. The maximum atomic E-state index is 4.45. The second-order valence-electron chi connectivity index (χ2n) is 4.96. The second-order valence-corrected chi connectivity index (χ2v) is 4.96. The van der Waals surface area contributed by atoms with Crippen molar-refractivity contribution < 1.29 is 0 Å². The lowest BCUT2D eigenvalue weighted by atomic mass is 10.3. The van der Waals surface area contributed by atoms with Gasteiger partial charge in [-0.3, -0.25) is 4.90 Å². The Bertz CT molecular complexity index is 543. The van der Waals surface area contributed by atoms with E-state index in [0.29, 0.717) is 5.95 Å². The maximum Gasteiger partial charge on any atom is 0.243 e. The number of fused-ring (bicyclic) bond motifs is 1.